The van der Waals surface area contributed by atoms with E-state index in [1.54, 1.807) is 0 Å². The number of hydrogen-bond acceptors (Lipinski definition) is 5. The van der Waals surface area contributed by atoms with Crippen LogP contribution in [0.15, 0.2) is 18.2 Å². The van der Waals surface area contributed by atoms with Crippen LogP contribution >= 0.6 is 0 Å². The Hall–Kier alpha value is -2.79. The molecule has 1 amide bonds. The van der Waals surface area contributed by atoms with Crippen LogP contribution in [-0.2, 0) is 6.54 Å². The number of nitrogens with zero attached hydrogens (tertiary/aromatic N) is 3. The molecule has 0 aliphatic heterocycles. The van der Waals surface area contributed by atoms with E-state index in [1.807, 2.05) is 0 Å². The number of halogens is 1. The molecule has 2 aromatic rings. The third-order valence-corrected chi connectivity index (χ3v) is 2.48. The van der Waals surface area contributed by atoms with Gasteiger partial charge in [-0.3, -0.25) is 4.79 Å². The highest BCUT2D eigenvalue weighted by Gasteiger charge is 2.12. The monoisotopic (exact) mass is 289 g/mol. The van der Waals surface area contributed by atoms with E-state index < -0.39 is 11.7 Å². The fraction of sp³-hybridized carbons (Fsp3) is 0.231. The van der Waals surface area contributed by atoms with Gasteiger partial charge in [-0.2, -0.15) is 5.21 Å². The Balaban J connectivity index is 2.09. The molecule has 0 aliphatic rings. The smallest absolute Gasteiger partial charge is 0.254 e. The Kier molecular flexibility index (Phi) is 4.95. The molecule has 0 bridgehead atoms. The lowest BCUT2D eigenvalue weighted by molar-refractivity contribution is 0.0946. The molecule has 1 heterocycles. The number of aromatic nitrogens is 4. The molecule has 7 nitrogen and oxygen atoms in total. The van der Waals surface area contributed by atoms with Gasteiger partial charge in [-0.05, 0) is 18.2 Å². The van der Waals surface area contributed by atoms with E-state index in [4.69, 9.17) is 5.11 Å². The van der Waals surface area contributed by atoms with Crippen LogP contribution in [0.4, 0.5) is 4.39 Å². The Morgan fingerprint density at radius 1 is 1.48 bits per heavy atom. The van der Waals surface area contributed by atoms with Crippen molar-refractivity contribution in [3.05, 3.63) is 41.0 Å². The fourth-order valence-corrected chi connectivity index (χ4v) is 1.51. The molecule has 21 heavy (non-hydrogen) atoms. The maximum Gasteiger partial charge on any atom is 0.254 e. The number of hydrogen-bond donors (Lipinski definition) is 3. The highest BCUT2D eigenvalue weighted by atomic mass is 19.1. The summed E-state index contributed by atoms with van der Waals surface area (Å²) in [5.74, 6) is 4.50. The molecule has 8 heteroatoms. The number of carbonyl (C=O) groups is 1. The average molecular weight is 289 g/mol. The molecule has 0 radical (unpaired) electrons. The number of rotatable bonds is 4. The number of aliphatic hydroxyl groups is 1. The first-order valence-electron chi connectivity index (χ1n) is 6.10. The summed E-state index contributed by atoms with van der Waals surface area (Å²) in [6.45, 7) is -0.0125. The van der Waals surface area contributed by atoms with Crippen molar-refractivity contribution in [2.24, 2.45) is 0 Å². The maximum atomic E-state index is 13.7. The van der Waals surface area contributed by atoms with Crippen molar-refractivity contribution in [2.45, 2.75) is 13.0 Å². The minimum Gasteiger partial charge on any atom is -0.395 e. The molecule has 0 aliphatic carbocycles. The summed E-state index contributed by atoms with van der Waals surface area (Å²) in [5.41, 5.74) is 0.379. The van der Waals surface area contributed by atoms with Gasteiger partial charge in [-0.1, -0.05) is 17.1 Å². The molecule has 108 valence electrons. The van der Waals surface area contributed by atoms with Crippen molar-refractivity contribution in [1.82, 2.24) is 25.9 Å². The third kappa shape index (κ3) is 4.09. The number of benzene rings is 1. The Bertz CT molecular complexity index is 676. The van der Waals surface area contributed by atoms with Crippen LogP contribution in [0.25, 0.3) is 0 Å². The SMILES string of the molecule is O=C(NCc1nn[nH]n1)c1cc(C#CCCO)ccc1F. The number of aliphatic hydroxyl groups excluding tert-OH is 1. The minimum absolute atomic E-state index is 0.0369. The largest absolute Gasteiger partial charge is 0.395 e. The van der Waals surface area contributed by atoms with Crippen molar-refractivity contribution in [1.29, 1.82) is 0 Å². The first kappa shape index (κ1) is 14.6. The van der Waals surface area contributed by atoms with Crippen molar-refractivity contribution >= 4 is 5.91 Å². The van der Waals surface area contributed by atoms with E-state index in [-0.39, 0.29) is 18.7 Å². The normalized spacial score (nSPS) is 9.81. The topological polar surface area (TPSA) is 104 Å². The standard InChI is InChI=1S/C13H12FN5O2/c14-11-5-4-9(3-1-2-6-20)7-10(11)13(21)15-8-12-16-18-19-17-12/h4-5,7,20H,2,6,8H2,(H,15,21)(H,16,17,18,19). The van der Waals surface area contributed by atoms with E-state index >= 15 is 0 Å². The maximum absolute atomic E-state index is 13.7. The van der Waals surface area contributed by atoms with Gasteiger partial charge in [-0.25, -0.2) is 4.39 Å². The number of carbonyl (C=O) groups excluding carboxylic acids is 1. The first-order valence-corrected chi connectivity index (χ1v) is 6.10. The third-order valence-electron chi connectivity index (χ3n) is 2.48. The zero-order valence-electron chi connectivity index (χ0n) is 10.9. The molecule has 0 saturated heterocycles. The lowest BCUT2D eigenvalue weighted by Gasteiger charge is -2.04. The van der Waals surface area contributed by atoms with Gasteiger partial charge in [0.05, 0.1) is 18.7 Å². The van der Waals surface area contributed by atoms with Gasteiger partial charge in [0.15, 0.2) is 5.82 Å². The number of tetrazole rings is 1. The second-order valence-corrected chi connectivity index (χ2v) is 3.98. The summed E-state index contributed by atoms with van der Waals surface area (Å²) in [7, 11) is 0. The zero-order chi connectivity index (χ0) is 15.1. The molecule has 1 aromatic heterocycles. The van der Waals surface area contributed by atoms with Crippen molar-refractivity contribution in [3.8, 4) is 11.8 Å². The average Bonchev–Trinajstić information content (AvgIpc) is 3.00. The summed E-state index contributed by atoms with van der Waals surface area (Å²) in [6.07, 6.45) is 0.316. The van der Waals surface area contributed by atoms with Crippen LogP contribution in [0.2, 0.25) is 0 Å². The number of H-pyrrole nitrogens is 1. The summed E-state index contributed by atoms with van der Waals surface area (Å²) >= 11 is 0. The van der Waals surface area contributed by atoms with Crippen LogP contribution in [0.1, 0.15) is 28.2 Å². The molecule has 0 unspecified atom stereocenters. The summed E-state index contributed by atoms with van der Waals surface area (Å²) in [4.78, 5) is 11.9. The molecule has 2 rings (SSSR count). The molecule has 0 spiro atoms. The van der Waals surface area contributed by atoms with Crippen LogP contribution in [-0.4, -0.2) is 38.2 Å². The minimum atomic E-state index is -0.645. The van der Waals surface area contributed by atoms with Gasteiger partial charge < -0.3 is 10.4 Å². The summed E-state index contributed by atoms with van der Waals surface area (Å²) in [6, 6.07) is 3.99. The van der Waals surface area contributed by atoms with Crippen LogP contribution in [0.5, 0.6) is 0 Å². The van der Waals surface area contributed by atoms with Gasteiger partial charge in [0.25, 0.3) is 5.91 Å². The quantitative estimate of drug-likeness (QED) is 0.687. The second-order valence-electron chi connectivity index (χ2n) is 3.98. The van der Waals surface area contributed by atoms with Gasteiger partial charge in [-0.15, -0.1) is 10.2 Å². The first-order chi connectivity index (χ1) is 10.2. The molecule has 0 saturated carbocycles. The summed E-state index contributed by atoms with van der Waals surface area (Å²) in [5, 5.41) is 24.1. The Morgan fingerprint density at radius 2 is 2.33 bits per heavy atom. The fourth-order valence-electron chi connectivity index (χ4n) is 1.51. The Labute approximate surface area is 119 Å². The van der Waals surface area contributed by atoms with Crippen molar-refractivity contribution in [3.63, 3.8) is 0 Å². The Morgan fingerprint density at radius 3 is 3.05 bits per heavy atom. The van der Waals surface area contributed by atoms with Gasteiger partial charge in [0.2, 0.25) is 0 Å². The van der Waals surface area contributed by atoms with Crippen molar-refractivity contribution in [2.75, 3.05) is 6.61 Å². The van der Waals surface area contributed by atoms with E-state index in [9.17, 15) is 9.18 Å². The van der Waals surface area contributed by atoms with E-state index in [0.29, 0.717) is 17.8 Å². The predicted molar refractivity (Wildman–Crippen MR) is 70.3 cm³/mol. The van der Waals surface area contributed by atoms with Crippen molar-refractivity contribution < 1.29 is 14.3 Å². The van der Waals surface area contributed by atoms with Crippen LogP contribution in [0.3, 0.4) is 0 Å². The number of aromatic amines is 1. The predicted octanol–water partition coefficient (Wildman–Crippen LogP) is 0.00270. The number of amides is 1. The number of nitrogens with one attached hydrogen (secondary N) is 2. The molecule has 0 atom stereocenters. The van der Waals surface area contributed by atoms with E-state index in [0.717, 1.165) is 0 Å². The molecular formula is C13H12FN5O2. The summed E-state index contributed by atoms with van der Waals surface area (Å²) < 4.78 is 13.7. The molecule has 1 aromatic carbocycles. The lowest BCUT2D eigenvalue weighted by Crippen LogP contribution is -2.24. The molecule has 0 fully saturated rings. The van der Waals surface area contributed by atoms with Gasteiger partial charge in [0, 0.05) is 12.0 Å². The molecule has 3 N–H and O–H groups in total. The molecular weight excluding hydrogens is 277 g/mol. The van der Waals surface area contributed by atoms with Gasteiger partial charge >= 0.3 is 0 Å². The van der Waals surface area contributed by atoms with E-state index in [2.05, 4.69) is 37.8 Å². The van der Waals surface area contributed by atoms with E-state index in [1.165, 1.54) is 18.2 Å². The highest BCUT2D eigenvalue weighted by Crippen LogP contribution is 2.10. The van der Waals surface area contributed by atoms with Crippen LogP contribution < -0.4 is 5.32 Å². The van der Waals surface area contributed by atoms with Gasteiger partial charge in [0.1, 0.15) is 5.82 Å². The lowest BCUT2D eigenvalue weighted by atomic mass is 10.1. The highest BCUT2D eigenvalue weighted by molar-refractivity contribution is 5.94. The zero-order valence-corrected chi connectivity index (χ0v) is 10.9. The second kappa shape index (κ2) is 7.12. The van der Waals surface area contributed by atoms with Crippen LogP contribution in [0, 0.1) is 17.7 Å².